The van der Waals surface area contributed by atoms with E-state index >= 15 is 0 Å². The van der Waals surface area contributed by atoms with Crippen LogP contribution in [-0.4, -0.2) is 27.3 Å². The molecule has 74 valence electrons. The summed E-state index contributed by atoms with van der Waals surface area (Å²) in [5.74, 6) is -2.70. The Morgan fingerprint density at radius 2 is 1.86 bits per heavy atom. The minimum atomic E-state index is -1.25. The number of rotatable bonds is 3. The Morgan fingerprint density at radius 1 is 1.21 bits per heavy atom. The van der Waals surface area contributed by atoms with Crippen molar-refractivity contribution in [2.24, 2.45) is 0 Å². The number of benzene rings is 1. The number of aliphatic carboxylic acids is 1. The van der Waals surface area contributed by atoms with Crippen LogP contribution in [0.5, 0.6) is 5.75 Å². The van der Waals surface area contributed by atoms with Gasteiger partial charge in [-0.15, -0.1) is 0 Å². The van der Waals surface area contributed by atoms with E-state index < -0.39 is 17.7 Å². The summed E-state index contributed by atoms with van der Waals surface area (Å²) in [5.41, 5.74) is 0.124. The van der Waals surface area contributed by atoms with Gasteiger partial charge in [0.1, 0.15) is 11.3 Å². The molecule has 3 N–H and O–H groups in total. The fourth-order valence-corrected chi connectivity index (χ4v) is 1.04. The number of carbonyl (C=O) groups is 2. The summed E-state index contributed by atoms with van der Waals surface area (Å²) >= 11 is 0. The third-order valence-electron chi connectivity index (χ3n) is 1.65. The summed E-state index contributed by atoms with van der Waals surface area (Å²) in [4.78, 5) is 20.8. The van der Waals surface area contributed by atoms with Crippen molar-refractivity contribution in [3.05, 3.63) is 29.3 Å². The molecular formula is C9H8O5. The Balaban J connectivity index is 3.00. The topological polar surface area (TPSA) is 94.8 Å². The molecule has 0 atom stereocenters. The number of aromatic carboxylic acids is 1. The van der Waals surface area contributed by atoms with E-state index in [4.69, 9.17) is 10.2 Å². The van der Waals surface area contributed by atoms with Gasteiger partial charge in [0.2, 0.25) is 0 Å². The van der Waals surface area contributed by atoms with Crippen LogP contribution in [0.15, 0.2) is 18.2 Å². The van der Waals surface area contributed by atoms with Gasteiger partial charge in [-0.2, -0.15) is 0 Å². The zero-order chi connectivity index (χ0) is 10.7. The normalized spacial score (nSPS) is 9.71. The van der Waals surface area contributed by atoms with Gasteiger partial charge in [-0.05, 0) is 17.7 Å². The Morgan fingerprint density at radius 3 is 2.29 bits per heavy atom. The molecule has 0 bridgehead atoms. The second kappa shape index (κ2) is 3.78. The lowest BCUT2D eigenvalue weighted by molar-refractivity contribution is -0.136. The maximum Gasteiger partial charge on any atom is 0.339 e. The van der Waals surface area contributed by atoms with E-state index in [1.807, 2.05) is 0 Å². The minimum absolute atomic E-state index is 0.237. The van der Waals surface area contributed by atoms with Crippen molar-refractivity contribution in [2.45, 2.75) is 6.42 Å². The summed E-state index contributed by atoms with van der Waals surface area (Å²) in [7, 11) is 0. The average Bonchev–Trinajstić information content (AvgIpc) is 2.01. The number of aromatic hydroxyl groups is 1. The second-order valence-corrected chi connectivity index (χ2v) is 2.73. The van der Waals surface area contributed by atoms with Crippen LogP contribution in [0.3, 0.4) is 0 Å². The highest BCUT2D eigenvalue weighted by molar-refractivity contribution is 5.90. The van der Waals surface area contributed by atoms with E-state index in [2.05, 4.69) is 0 Å². The molecule has 0 unspecified atom stereocenters. The molecule has 0 aromatic heterocycles. The summed E-state index contributed by atoms with van der Waals surface area (Å²) in [6.45, 7) is 0. The molecule has 0 amide bonds. The molecule has 1 aromatic carbocycles. The molecule has 5 heteroatoms. The lowest BCUT2D eigenvalue weighted by Gasteiger charge is -2.01. The van der Waals surface area contributed by atoms with Crippen molar-refractivity contribution in [1.29, 1.82) is 0 Å². The van der Waals surface area contributed by atoms with Crippen LogP contribution >= 0.6 is 0 Å². The van der Waals surface area contributed by atoms with Crippen molar-refractivity contribution in [2.75, 3.05) is 0 Å². The van der Waals surface area contributed by atoms with E-state index in [0.717, 1.165) is 6.07 Å². The van der Waals surface area contributed by atoms with Crippen molar-refractivity contribution in [3.8, 4) is 5.75 Å². The monoisotopic (exact) mass is 196 g/mol. The highest BCUT2D eigenvalue weighted by Crippen LogP contribution is 2.18. The number of hydrogen-bond donors (Lipinski definition) is 3. The number of phenols is 1. The van der Waals surface area contributed by atoms with Crippen molar-refractivity contribution >= 4 is 11.9 Å². The Labute approximate surface area is 79.2 Å². The van der Waals surface area contributed by atoms with E-state index in [9.17, 15) is 14.7 Å². The smallest absolute Gasteiger partial charge is 0.339 e. The van der Waals surface area contributed by atoms with Crippen molar-refractivity contribution in [3.63, 3.8) is 0 Å². The number of hydrogen-bond acceptors (Lipinski definition) is 3. The first-order valence-electron chi connectivity index (χ1n) is 3.77. The van der Waals surface area contributed by atoms with Gasteiger partial charge < -0.3 is 15.3 Å². The molecule has 0 aliphatic heterocycles. The minimum Gasteiger partial charge on any atom is -0.507 e. The summed E-state index contributed by atoms with van der Waals surface area (Å²) in [5, 5.41) is 26.2. The maximum atomic E-state index is 10.5. The molecule has 1 rings (SSSR count). The second-order valence-electron chi connectivity index (χ2n) is 2.73. The van der Waals surface area contributed by atoms with Crippen LogP contribution in [0.4, 0.5) is 0 Å². The van der Waals surface area contributed by atoms with E-state index in [1.54, 1.807) is 0 Å². The molecule has 0 spiro atoms. The standard InChI is InChI=1S/C9H8O5/c10-7-3-5(4-8(11)12)1-2-6(7)9(13)14/h1-3,10H,4H2,(H,11,12)(H,13,14). The van der Waals surface area contributed by atoms with Crippen molar-refractivity contribution < 1.29 is 24.9 Å². The molecule has 0 heterocycles. The zero-order valence-corrected chi connectivity index (χ0v) is 7.10. The fourth-order valence-electron chi connectivity index (χ4n) is 1.04. The Hall–Kier alpha value is -2.04. The largest absolute Gasteiger partial charge is 0.507 e. The van der Waals surface area contributed by atoms with Gasteiger partial charge in [0.25, 0.3) is 0 Å². The van der Waals surface area contributed by atoms with Crippen molar-refractivity contribution in [1.82, 2.24) is 0 Å². The SMILES string of the molecule is O=C(O)Cc1ccc(C(=O)O)c(O)c1. The van der Waals surface area contributed by atoms with Gasteiger partial charge in [-0.3, -0.25) is 4.79 Å². The van der Waals surface area contributed by atoms with Crippen LogP contribution < -0.4 is 0 Å². The summed E-state index contributed by atoms with van der Waals surface area (Å²) in [6.07, 6.45) is -0.243. The van der Waals surface area contributed by atoms with Gasteiger partial charge in [-0.1, -0.05) is 6.07 Å². The van der Waals surface area contributed by atoms with Gasteiger partial charge in [0.15, 0.2) is 0 Å². The average molecular weight is 196 g/mol. The zero-order valence-electron chi connectivity index (χ0n) is 7.10. The van der Waals surface area contributed by atoms with E-state index in [-0.39, 0.29) is 12.0 Å². The Bertz CT molecular complexity index is 383. The third kappa shape index (κ3) is 2.22. The van der Waals surface area contributed by atoms with Gasteiger partial charge in [-0.25, -0.2) is 4.79 Å². The lowest BCUT2D eigenvalue weighted by Crippen LogP contribution is -2.02. The molecule has 0 saturated heterocycles. The summed E-state index contributed by atoms with van der Waals surface area (Å²) in [6, 6.07) is 3.67. The first-order valence-corrected chi connectivity index (χ1v) is 3.77. The summed E-state index contributed by atoms with van der Waals surface area (Å²) < 4.78 is 0. The predicted octanol–water partition coefficient (Wildman–Crippen LogP) is 0.718. The highest BCUT2D eigenvalue weighted by atomic mass is 16.4. The third-order valence-corrected chi connectivity index (χ3v) is 1.65. The molecule has 0 saturated carbocycles. The molecule has 0 aliphatic carbocycles. The van der Waals surface area contributed by atoms with Gasteiger partial charge in [0.05, 0.1) is 6.42 Å². The number of carboxylic acid groups (broad SMARTS) is 2. The predicted molar refractivity (Wildman–Crippen MR) is 46.4 cm³/mol. The molecular weight excluding hydrogens is 188 g/mol. The van der Waals surface area contributed by atoms with Crippen LogP contribution in [0.25, 0.3) is 0 Å². The lowest BCUT2D eigenvalue weighted by atomic mass is 10.1. The van der Waals surface area contributed by atoms with E-state index in [0.29, 0.717) is 5.56 Å². The maximum absolute atomic E-state index is 10.5. The van der Waals surface area contributed by atoms with Gasteiger partial charge in [0, 0.05) is 0 Å². The molecule has 14 heavy (non-hydrogen) atoms. The first kappa shape index (κ1) is 10.0. The van der Waals surface area contributed by atoms with Crippen LogP contribution in [-0.2, 0) is 11.2 Å². The van der Waals surface area contributed by atoms with E-state index in [1.165, 1.54) is 12.1 Å². The Kier molecular flexibility index (Phi) is 2.71. The molecule has 5 nitrogen and oxygen atoms in total. The molecule has 0 fully saturated rings. The molecule has 0 radical (unpaired) electrons. The fraction of sp³-hybridized carbons (Fsp3) is 0.111. The van der Waals surface area contributed by atoms with Crippen LogP contribution in [0, 0.1) is 0 Å². The van der Waals surface area contributed by atoms with Gasteiger partial charge >= 0.3 is 11.9 Å². The highest BCUT2D eigenvalue weighted by Gasteiger charge is 2.10. The molecule has 1 aromatic rings. The molecule has 0 aliphatic rings. The van der Waals surface area contributed by atoms with Crippen LogP contribution in [0.2, 0.25) is 0 Å². The quantitative estimate of drug-likeness (QED) is 0.662. The first-order chi connectivity index (χ1) is 6.50. The number of carboxylic acids is 2. The van der Waals surface area contributed by atoms with Crippen LogP contribution in [0.1, 0.15) is 15.9 Å².